The number of hydrogen-bond acceptors (Lipinski definition) is 4. The van der Waals surface area contributed by atoms with Crippen LogP contribution in [0.3, 0.4) is 0 Å². The van der Waals surface area contributed by atoms with E-state index in [0.717, 1.165) is 17.5 Å². The molecule has 0 aliphatic carbocycles. The third-order valence-electron chi connectivity index (χ3n) is 3.63. The Balaban J connectivity index is 2.22. The average molecular weight is 291 g/mol. The minimum Gasteiger partial charge on any atom is -0.467 e. The molecule has 1 heterocycles. The Hall–Kier alpha value is -2.04. The summed E-state index contributed by atoms with van der Waals surface area (Å²) in [4.78, 5) is 25.6. The van der Waals surface area contributed by atoms with E-state index >= 15 is 0 Å². The third kappa shape index (κ3) is 3.35. The summed E-state index contributed by atoms with van der Waals surface area (Å²) in [7, 11) is 1.33. The van der Waals surface area contributed by atoms with Crippen molar-refractivity contribution >= 4 is 12.1 Å². The number of carbonyl (C=O) groups excluding carboxylic acids is 2. The summed E-state index contributed by atoms with van der Waals surface area (Å²) in [5.41, 5.74) is 2.08. The highest BCUT2D eigenvalue weighted by Gasteiger charge is 2.46. The fourth-order valence-corrected chi connectivity index (χ4v) is 2.65. The molecule has 1 saturated heterocycles. The molecule has 21 heavy (non-hydrogen) atoms. The van der Waals surface area contributed by atoms with Gasteiger partial charge in [0, 0.05) is 0 Å². The van der Waals surface area contributed by atoms with Gasteiger partial charge in [0.05, 0.1) is 13.7 Å². The van der Waals surface area contributed by atoms with Gasteiger partial charge in [-0.15, -0.1) is 0 Å². The van der Waals surface area contributed by atoms with Crippen molar-refractivity contribution in [2.75, 3.05) is 7.11 Å². The van der Waals surface area contributed by atoms with E-state index < -0.39 is 24.2 Å². The lowest BCUT2D eigenvalue weighted by atomic mass is 10.0. The van der Waals surface area contributed by atoms with Crippen LogP contribution in [0.2, 0.25) is 0 Å². The largest absolute Gasteiger partial charge is 0.467 e. The molecule has 1 aromatic carbocycles. The zero-order chi connectivity index (χ0) is 15.4. The van der Waals surface area contributed by atoms with Crippen LogP contribution >= 0.6 is 0 Å². The van der Waals surface area contributed by atoms with E-state index in [2.05, 4.69) is 0 Å². The molecule has 0 bridgehead atoms. The van der Waals surface area contributed by atoms with E-state index in [1.54, 1.807) is 0 Å². The molecule has 1 aromatic rings. The van der Waals surface area contributed by atoms with Gasteiger partial charge in [-0.2, -0.15) is 0 Å². The Morgan fingerprint density at radius 2 is 2.19 bits per heavy atom. The average Bonchev–Trinajstić information content (AvgIpc) is 2.75. The van der Waals surface area contributed by atoms with Gasteiger partial charge in [0.25, 0.3) is 0 Å². The van der Waals surface area contributed by atoms with Crippen LogP contribution in [0.15, 0.2) is 24.3 Å². The van der Waals surface area contributed by atoms with Crippen LogP contribution in [-0.2, 0) is 20.8 Å². The number of ether oxygens (including phenoxy) is 2. The lowest BCUT2D eigenvalue weighted by molar-refractivity contribution is -0.146. The molecule has 2 atom stereocenters. The van der Waals surface area contributed by atoms with E-state index in [4.69, 9.17) is 9.47 Å². The predicted octanol–water partition coefficient (Wildman–Crippen LogP) is 2.66. The number of esters is 1. The van der Waals surface area contributed by atoms with Crippen LogP contribution in [0.1, 0.15) is 30.9 Å². The van der Waals surface area contributed by atoms with E-state index in [9.17, 15) is 9.59 Å². The first kappa shape index (κ1) is 15.4. The van der Waals surface area contributed by atoms with Gasteiger partial charge < -0.3 is 9.47 Å². The van der Waals surface area contributed by atoms with Gasteiger partial charge in [-0.1, -0.05) is 43.2 Å². The molecule has 0 spiro atoms. The lowest BCUT2D eigenvalue weighted by Gasteiger charge is -2.22. The number of rotatable bonds is 5. The first-order valence-electron chi connectivity index (χ1n) is 7.17. The van der Waals surface area contributed by atoms with Gasteiger partial charge in [-0.05, 0) is 18.9 Å². The zero-order valence-electron chi connectivity index (χ0n) is 12.7. The van der Waals surface area contributed by atoms with Crippen molar-refractivity contribution in [1.82, 2.24) is 4.90 Å². The van der Waals surface area contributed by atoms with E-state index in [1.165, 1.54) is 12.0 Å². The van der Waals surface area contributed by atoms with Gasteiger partial charge in [0.1, 0.15) is 6.10 Å². The molecule has 0 N–H and O–H groups in total. The molecular weight excluding hydrogens is 270 g/mol. The number of nitrogens with zero attached hydrogens (tertiary/aromatic N) is 1. The van der Waals surface area contributed by atoms with Crippen molar-refractivity contribution in [3.63, 3.8) is 0 Å². The summed E-state index contributed by atoms with van der Waals surface area (Å²) in [5.74, 6) is -0.424. The van der Waals surface area contributed by atoms with Crippen molar-refractivity contribution in [2.24, 2.45) is 0 Å². The maximum absolute atomic E-state index is 12.1. The quantitative estimate of drug-likeness (QED) is 0.783. The minimum absolute atomic E-state index is 0.348. The number of cyclic esters (lactones) is 1. The topological polar surface area (TPSA) is 55.8 Å². The van der Waals surface area contributed by atoms with Crippen molar-refractivity contribution in [2.45, 2.75) is 45.4 Å². The molecule has 2 rings (SSSR count). The number of aryl methyl sites for hydroxylation is 1. The normalized spacial score (nSPS) is 21.3. The van der Waals surface area contributed by atoms with Crippen LogP contribution in [0.25, 0.3) is 0 Å². The highest BCUT2D eigenvalue weighted by Crippen LogP contribution is 2.26. The van der Waals surface area contributed by atoms with Crippen molar-refractivity contribution in [3.8, 4) is 0 Å². The summed E-state index contributed by atoms with van der Waals surface area (Å²) in [6.45, 7) is 4.33. The van der Waals surface area contributed by atoms with E-state index in [0.29, 0.717) is 13.0 Å². The predicted molar refractivity (Wildman–Crippen MR) is 77.7 cm³/mol. The monoisotopic (exact) mass is 291 g/mol. The van der Waals surface area contributed by atoms with Gasteiger partial charge in [0.15, 0.2) is 6.04 Å². The first-order valence-corrected chi connectivity index (χ1v) is 7.17. The van der Waals surface area contributed by atoms with Crippen molar-refractivity contribution in [1.29, 1.82) is 0 Å². The number of hydrogen-bond donors (Lipinski definition) is 0. The van der Waals surface area contributed by atoms with E-state index in [1.807, 2.05) is 38.1 Å². The summed E-state index contributed by atoms with van der Waals surface area (Å²) in [5, 5.41) is 0. The van der Waals surface area contributed by atoms with Crippen molar-refractivity contribution < 1.29 is 19.1 Å². The molecule has 1 amide bonds. The van der Waals surface area contributed by atoms with Crippen LogP contribution in [0.4, 0.5) is 4.79 Å². The second-order valence-electron chi connectivity index (χ2n) is 5.30. The molecule has 0 radical (unpaired) electrons. The molecule has 5 nitrogen and oxygen atoms in total. The standard InChI is InChI=1S/C16H21NO4/c1-4-6-13-14(15(18)20-3)17(16(19)21-13)10-12-8-5-7-11(2)9-12/h5,7-9,13-14H,4,6,10H2,1-3H3/t13-,14+/m0/s1. The van der Waals surface area contributed by atoms with Gasteiger partial charge >= 0.3 is 12.1 Å². The third-order valence-corrected chi connectivity index (χ3v) is 3.63. The fourth-order valence-electron chi connectivity index (χ4n) is 2.65. The second kappa shape index (κ2) is 6.61. The van der Waals surface area contributed by atoms with Crippen LogP contribution in [0, 0.1) is 6.92 Å². The van der Waals surface area contributed by atoms with Crippen molar-refractivity contribution in [3.05, 3.63) is 35.4 Å². The molecule has 0 unspecified atom stereocenters. The first-order chi connectivity index (χ1) is 10.1. The maximum atomic E-state index is 12.1. The summed E-state index contributed by atoms with van der Waals surface area (Å²) >= 11 is 0. The second-order valence-corrected chi connectivity index (χ2v) is 5.30. The maximum Gasteiger partial charge on any atom is 0.411 e. The highest BCUT2D eigenvalue weighted by atomic mass is 16.6. The Bertz CT molecular complexity index is 529. The SMILES string of the molecule is CCC[C@@H]1OC(=O)N(Cc2cccc(C)c2)[C@H]1C(=O)OC. The number of benzene rings is 1. The molecular formula is C16H21NO4. The fraction of sp³-hybridized carbons (Fsp3) is 0.500. The Morgan fingerprint density at radius 1 is 1.43 bits per heavy atom. The molecule has 0 saturated carbocycles. The number of amides is 1. The van der Waals surface area contributed by atoms with Gasteiger partial charge in [-0.3, -0.25) is 4.90 Å². The molecule has 0 aromatic heterocycles. The van der Waals surface area contributed by atoms with Crippen LogP contribution in [0.5, 0.6) is 0 Å². The molecule has 114 valence electrons. The molecule has 1 fully saturated rings. The zero-order valence-corrected chi connectivity index (χ0v) is 12.7. The Labute approximate surface area is 124 Å². The Morgan fingerprint density at radius 3 is 2.81 bits per heavy atom. The smallest absolute Gasteiger partial charge is 0.411 e. The van der Waals surface area contributed by atoms with Gasteiger partial charge in [-0.25, -0.2) is 9.59 Å². The van der Waals surface area contributed by atoms with Crippen LogP contribution in [-0.4, -0.2) is 36.2 Å². The molecule has 1 aliphatic heterocycles. The van der Waals surface area contributed by atoms with Crippen LogP contribution < -0.4 is 0 Å². The minimum atomic E-state index is -0.664. The highest BCUT2D eigenvalue weighted by molar-refractivity contribution is 5.85. The Kier molecular flexibility index (Phi) is 4.83. The van der Waals surface area contributed by atoms with E-state index in [-0.39, 0.29) is 0 Å². The molecule has 5 heteroatoms. The summed E-state index contributed by atoms with van der Waals surface area (Å²) in [6.07, 6.45) is 0.602. The number of carbonyl (C=O) groups is 2. The summed E-state index contributed by atoms with van der Waals surface area (Å²) in [6, 6.07) is 7.19. The lowest BCUT2D eigenvalue weighted by Crippen LogP contribution is -2.43. The van der Waals surface area contributed by atoms with Gasteiger partial charge in [0.2, 0.25) is 0 Å². The molecule has 1 aliphatic rings. The number of methoxy groups -OCH3 is 1. The summed E-state index contributed by atoms with van der Waals surface area (Å²) < 4.78 is 10.2.